The van der Waals surface area contributed by atoms with Crippen LogP contribution in [-0.2, 0) is 16.0 Å². The zero-order valence-corrected chi connectivity index (χ0v) is 10.3. The highest BCUT2D eigenvalue weighted by atomic mass is 16.5. The zero-order chi connectivity index (χ0) is 12.1. The summed E-state index contributed by atoms with van der Waals surface area (Å²) in [5, 5.41) is 0. The molecule has 17 heavy (non-hydrogen) atoms. The Kier molecular flexibility index (Phi) is 4.29. The van der Waals surface area contributed by atoms with Crippen molar-refractivity contribution in [3.05, 3.63) is 35.9 Å². The van der Waals surface area contributed by atoms with Crippen LogP contribution in [0, 0.1) is 0 Å². The van der Waals surface area contributed by atoms with Gasteiger partial charge in [0.15, 0.2) is 0 Å². The average molecular weight is 233 g/mol. The molecule has 0 radical (unpaired) electrons. The van der Waals surface area contributed by atoms with Crippen LogP contribution in [-0.4, -0.2) is 43.0 Å². The van der Waals surface area contributed by atoms with E-state index in [1.165, 1.54) is 5.56 Å². The number of ketones is 1. The van der Waals surface area contributed by atoms with E-state index in [4.69, 9.17) is 4.74 Å². The van der Waals surface area contributed by atoms with Crippen LogP contribution in [0.1, 0.15) is 12.5 Å². The maximum absolute atomic E-state index is 11.8. The van der Waals surface area contributed by atoms with E-state index in [2.05, 4.69) is 17.0 Å². The molecule has 1 aliphatic rings. The molecule has 0 aromatic heterocycles. The first-order chi connectivity index (χ1) is 8.27. The Balaban J connectivity index is 2.04. The highest BCUT2D eigenvalue weighted by Gasteiger charge is 2.24. The Bertz CT molecular complexity index is 358. The molecule has 0 amide bonds. The van der Waals surface area contributed by atoms with Crippen molar-refractivity contribution in [2.24, 2.45) is 0 Å². The van der Waals surface area contributed by atoms with Crippen LogP contribution in [0.4, 0.5) is 0 Å². The van der Waals surface area contributed by atoms with Crippen molar-refractivity contribution in [2.75, 3.05) is 26.3 Å². The summed E-state index contributed by atoms with van der Waals surface area (Å²) in [5.74, 6) is 0.246. The van der Waals surface area contributed by atoms with Crippen molar-refractivity contribution in [2.45, 2.75) is 19.4 Å². The number of morpholine rings is 1. The van der Waals surface area contributed by atoms with Gasteiger partial charge in [-0.25, -0.2) is 0 Å². The number of hydrogen-bond donors (Lipinski definition) is 0. The van der Waals surface area contributed by atoms with E-state index in [0.717, 1.165) is 32.7 Å². The van der Waals surface area contributed by atoms with Gasteiger partial charge in [-0.2, -0.15) is 0 Å². The van der Waals surface area contributed by atoms with Gasteiger partial charge in [0, 0.05) is 13.1 Å². The fraction of sp³-hybridized carbons (Fsp3) is 0.500. The van der Waals surface area contributed by atoms with Crippen molar-refractivity contribution >= 4 is 5.78 Å². The van der Waals surface area contributed by atoms with Crippen LogP contribution in [0.15, 0.2) is 30.3 Å². The van der Waals surface area contributed by atoms with E-state index in [9.17, 15) is 4.79 Å². The van der Waals surface area contributed by atoms with Gasteiger partial charge in [-0.05, 0) is 18.9 Å². The van der Waals surface area contributed by atoms with Gasteiger partial charge in [-0.1, -0.05) is 30.3 Å². The highest BCUT2D eigenvalue weighted by Crippen LogP contribution is 2.12. The normalized spacial score (nSPS) is 18.9. The molecule has 0 aliphatic carbocycles. The molecule has 1 saturated heterocycles. The lowest BCUT2D eigenvalue weighted by molar-refractivity contribution is -0.123. The van der Waals surface area contributed by atoms with Crippen LogP contribution in [0.2, 0.25) is 0 Å². The Morgan fingerprint density at radius 3 is 2.53 bits per heavy atom. The third-order valence-electron chi connectivity index (χ3n) is 3.23. The standard InChI is InChI=1S/C14H19NO2/c1-12(16)14(15-7-9-17-10-8-15)11-13-5-3-2-4-6-13/h2-6,14H,7-11H2,1H3. The summed E-state index contributed by atoms with van der Waals surface area (Å²) in [7, 11) is 0. The first-order valence-corrected chi connectivity index (χ1v) is 6.13. The number of ether oxygens (including phenoxy) is 1. The summed E-state index contributed by atoms with van der Waals surface area (Å²) in [6.07, 6.45) is 0.802. The molecule has 2 rings (SSSR count). The number of hydrogen-bond acceptors (Lipinski definition) is 3. The molecule has 1 fully saturated rings. The summed E-state index contributed by atoms with van der Waals surface area (Å²) in [6, 6.07) is 10.2. The van der Waals surface area contributed by atoms with Gasteiger partial charge in [-0.3, -0.25) is 9.69 Å². The molecular weight excluding hydrogens is 214 g/mol. The minimum Gasteiger partial charge on any atom is -0.379 e. The Morgan fingerprint density at radius 2 is 1.94 bits per heavy atom. The lowest BCUT2D eigenvalue weighted by Crippen LogP contribution is -2.47. The van der Waals surface area contributed by atoms with Gasteiger partial charge in [0.1, 0.15) is 5.78 Å². The predicted octanol–water partition coefficient (Wildman–Crippen LogP) is 1.52. The summed E-state index contributed by atoms with van der Waals surface area (Å²) in [4.78, 5) is 14.0. The summed E-state index contributed by atoms with van der Waals surface area (Å²) >= 11 is 0. The molecule has 3 nitrogen and oxygen atoms in total. The monoisotopic (exact) mass is 233 g/mol. The minimum absolute atomic E-state index is 0.00120. The largest absolute Gasteiger partial charge is 0.379 e. The second kappa shape index (κ2) is 5.94. The SMILES string of the molecule is CC(=O)C(Cc1ccccc1)N1CCOCC1. The molecule has 1 aromatic rings. The predicted molar refractivity (Wildman–Crippen MR) is 67.0 cm³/mol. The van der Waals surface area contributed by atoms with Crippen LogP contribution in [0.3, 0.4) is 0 Å². The summed E-state index contributed by atoms with van der Waals surface area (Å²) < 4.78 is 5.33. The van der Waals surface area contributed by atoms with Gasteiger partial charge in [0.05, 0.1) is 19.3 Å². The molecule has 92 valence electrons. The maximum Gasteiger partial charge on any atom is 0.147 e. The molecular formula is C14H19NO2. The summed E-state index contributed by atoms with van der Waals surface area (Å²) in [5.41, 5.74) is 1.22. The first-order valence-electron chi connectivity index (χ1n) is 6.13. The number of carbonyl (C=O) groups excluding carboxylic acids is 1. The van der Waals surface area contributed by atoms with E-state index < -0.39 is 0 Å². The third kappa shape index (κ3) is 3.38. The van der Waals surface area contributed by atoms with E-state index >= 15 is 0 Å². The quantitative estimate of drug-likeness (QED) is 0.789. The number of rotatable bonds is 4. The number of Topliss-reactive ketones (excluding diaryl/α,β-unsaturated/α-hetero) is 1. The lowest BCUT2D eigenvalue weighted by Gasteiger charge is -2.33. The molecule has 1 aromatic carbocycles. The lowest BCUT2D eigenvalue weighted by atomic mass is 10.0. The summed E-state index contributed by atoms with van der Waals surface area (Å²) in [6.45, 7) is 4.87. The van der Waals surface area contributed by atoms with E-state index in [0.29, 0.717) is 0 Å². The number of benzene rings is 1. The second-order valence-corrected chi connectivity index (χ2v) is 4.46. The Morgan fingerprint density at radius 1 is 1.29 bits per heavy atom. The molecule has 1 atom stereocenters. The molecule has 0 bridgehead atoms. The highest BCUT2D eigenvalue weighted by molar-refractivity contribution is 5.81. The molecule has 1 aliphatic heterocycles. The average Bonchev–Trinajstić information content (AvgIpc) is 2.38. The smallest absolute Gasteiger partial charge is 0.147 e. The van der Waals surface area contributed by atoms with Gasteiger partial charge < -0.3 is 4.74 Å². The van der Waals surface area contributed by atoms with E-state index in [1.807, 2.05) is 18.2 Å². The first kappa shape index (κ1) is 12.3. The van der Waals surface area contributed by atoms with E-state index in [1.54, 1.807) is 6.92 Å². The van der Waals surface area contributed by atoms with E-state index in [-0.39, 0.29) is 11.8 Å². The fourth-order valence-electron chi connectivity index (χ4n) is 2.26. The van der Waals surface area contributed by atoms with Crippen molar-refractivity contribution in [3.8, 4) is 0 Å². The molecule has 0 N–H and O–H groups in total. The van der Waals surface area contributed by atoms with Crippen molar-refractivity contribution in [1.29, 1.82) is 0 Å². The van der Waals surface area contributed by atoms with Crippen molar-refractivity contribution < 1.29 is 9.53 Å². The van der Waals surface area contributed by atoms with Crippen molar-refractivity contribution in [3.63, 3.8) is 0 Å². The molecule has 1 unspecified atom stereocenters. The van der Waals surface area contributed by atoms with Crippen LogP contribution < -0.4 is 0 Å². The van der Waals surface area contributed by atoms with Gasteiger partial charge >= 0.3 is 0 Å². The Hall–Kier alpha value is -1.19. The number of carbonyl (C=O) groups is 1. The van der Waals surface area contributed by atoms with Gasteiger partial charge in [0.2, 0.25) is 0 Å². The van der Waals surface area contributed by atoms with Crippen molar-refractivity contribution in [1.82, 2.24) is 4.90 Å². The molecule has 1 heterocycles. The topological polar surface area (TPSA) is 29.5 Å². The Labute approximate surface area is 102 Å². The van der Waals surface area contributed by atoms with Crippen LogP contribution in [0.5, 0.6) is 0 Å². The maximum atomic E-state index is 11.8. The number of nitrogens with zero attached hydrogens (tertiary/aromatic N) is 1. The fourth-order valence-corrected chi connectivity index (χ4v) is 2.26. The van der Waals surface area contributed by atoms with Crippen LogP contribution in [0.25, 0.3) is 0 Å². The molecule has 3 heteroatoms. The minimum atomic E-state index is 0.00120. The van der Waals surface area contributed by atoms with Gasteiger partial charge in [-0.15, -0.1) is 0 Å². The molecule has 0 saturated carbocycles. The zero-order valence-electron chi connectivity index (χ0n) is 10.3. The molecule has 0 spiro atoms. The third-order valence-corrected chi connectivity index (χ3v) is 3.23. The van der Waals surface area contributed by atoms with Gasteiger partial charge in [0.25, 0.3) is 0 Å². The van der Waals surface area contributed by atoms with Crippen LogP contribution >= 0.6 is 0 Å². The second-order valence-electron chi connectivity index (χ2n) is 4.46.